The lowest BCUT2D eigenvalue weighted by atomic mass is 9.81. The molecule has 1 saturated heterocycles. The van der Waals surface area contributed by atoms with Gasteiger partial charge in [0.25, 0.3) is 0 Å². The van der Waals surface area contributed by atoms with Crippen LogP contribution in [0.15, 0.2) is 0 Å². The van der Waals surface area contributed by atoms with E-state index in [1.54, 1.807) is 0 Å². The zero-order valence-electron chi connectivity index (χ0n) is 10.9. The van der Waals surface area contributed by atoms with Gasteiger partial charge in [-0.1, -0.05) is 15.9 Å². The highest BCUT2D eigenvalue weighted by molar-refractivity contribution is 9.09. The Balaban J connectivity index is 2.68. The summed E-state index contributed by atoms with van der Waals surface area (Å²) in [6, 6.07) is -0.106. The van der Waals surface area contributed by atoms with Crippen molar-refractivity contribution in [2.75, 3.05) is 31.6 Å². The molecule has 1 aliphatic heterocycles. The van der Waals surface area contributed by atoms with Gasteiger partial charge in [0.15, 0.2) is 0 Å². The van der Waals surface area contributed by atoms with Gasteiger partial charge in [-0.25, -0.2) is 0 Å². The van der Waals surface area contributed by atoms with Crippen molar-refractivity contribution in [1.82, 2.24) is 4.90 Å². The number of rotatable bonds is 5. The molecule has 0 saturated carbocycles. The number of ether oxygens (including phenoxy) is 1. The van der Waals surface area contributed by atoms with Crippen LogP contribution in [-0.2, 0) is 4.74 Å². The molecule has 0 atom stereocenters. The molecule has 1 aliphatic rings. The highest BCUT2D eigenvalue weighted by Gasteiger charge is 2.38. The molecule has 0 spiro atoms. The van der Waals surface area contributed by atoms with Gasteiger partial charge in [-0.3, -0.25) is 4.90 Å². The van der Waals surface area contributed by atoms with Crippen LogP contribution in [0.5, 0.6) is 0 Å². The molecule has 0 amide bonds. The Labute approximate surface area is 115 Å². The van der Waals surface area contributed by atoms with Gasteiger partial charge < -0.3 is 4.74 Å². The van der Waals surface area contributed by atoms with Crippen LogP contribution >= 0.6 is 15.9 Å². The molecule has 0 bridgehead atoms. The van der Waals surface area contributed by atoms with Crippen LogP contribution in [0.1, 0.15) is 26.7 Å². The van der Waals surface area contributed by atoms with Crippen LogP contribution < -0.4 is 0 Å². The lowest BCUT2D eigenvalue weighted by Crippen LogP contribution is -2.48. The Kier molecular flexibility index (Phi) is 5.93. The van der Waals surface area contributed by atoms with E-state index in [-0.39, 0.29) is 11.5 Å². The predicted octanol–water partition coefficient (Wildman–Crippen LogP) is 3.45. The van der Waals surface area contributed by atoms with Gasteiger partial charge in [-0.2, -0.15) is 13.2 Å². The molecule has 0 aromatic rings. The molecule has 1 rings (SSSR count). The minimum absolute atomic E-state index is 0.0895. The summed E-state index contributed by atoms with van der Waals surface area (Å²) in [5.41, 5.74) is -0.0895. The normalized spacial score (nSPS) is 20.7. The van der Waals surface area contributed by atoms with Crippen molar-refractivity contribution in [2.45, 2.75) is 38.9 Å². The first kappa shape index (κ1) is 16.2. The van der Waals surface area contributed by atoms with Crippen LogP contribution in [0.25, 0.3) is 0 Å². The average molecular weight is 332 g/mol. The molecule has 0 aromatic carbocycles. The molecule has 1 fully saturated rings. The van der Waals surface area contributed by atoms with Crippen LogP contribution in [0, 0.1) is 5.41 Å². The number of hydrogen-bond donors (Lipinski definition) is 0. The van der Waals surface area contributed by atoms with Crippen LogP contribution in [0.4, 0.5) is 13.2 Å². The highest BCUT2D eigenvalue weighted by Crippen LogP contribution is 2.34. The summed E-state index contributed by atoms with van der Waals surface area (Å²) in [5.74, 6) is 0. The first-order valence-electron chi connectivity index (χ1n) is 6.22. The molecule has 6 heteroatoms. The number of hydrogen-bond acceptors (Lipinski definition) is 2. The van der Waals surface area contributed by atoms with Gasteiger partial charge in [0.2, 0.25) is 0 Å². The summed E-state index contributed by atoms with van der Waals surface area (Å²) in [7, 11) is 0. The summed E-state index contributed by atoms with van der Waals surface area (Å²) >= 11 is 3.46. The van der Waals surface area contributed by atoms with Crippen molar-refractivity contribution >= 4 is 15.9 Å². The first-order chi connectivity index (χ1) is 8.28. The molecular formula is C12H21BrF3NO. The van der Waals surface area contributed by atoms with E-state index in [2.05, 4.69) is 15.9 Å². The van der Waals surface area contributed by atoms with Gasteiger partial charge in [0.1, 0.15) is 0 Å². The van der Waals surface area contributed by atoms with Crippen LogP contribution in [0.2, 0.25) is 0 Å². The summed E-state index contributed by atoms with van der Waals surface area (Å²) < 4.78 is 43.0. The molecule has 0 aliphatic carbocycles. The minimum atomic E-state index is -4.14. The van der Waals surface area contributed by atoms with Crippen LogP contribution in [-0.4, -0.2) is 48.8 Å². The number of halogens is 4. The van der Waals surface area contributed by atoms with Crippen molar-refractivity contribution in [1.29, 1.82) is 0 Å². The summed E-state index contributed by atoms with van der Waals surface area (Å²) in [4.78, 5) is 1.52. The quantitative estimate of drug-likeness (QED) is 0.715. The van der Waals surface area contributed by atoms with Crippen molar-refractivity contribution in [2.24, 2.45) is 5.41 Å². The van der Waals surface area contributed by atoms with Gasteiger partial charge in [-0.05, 0) is 32.1 Å². The largest absolute Gasteiger partial charge is 0.401 e. The fourth-order valence-corrected chi connectivity index (χ4v) is 2.96. The van der Waals surface area contributed by atoms with Crippen molar-refractivity contribution < 1.29 is 17.9 Å². The fourth-order valence-electron chi connectivity index (χ4n) is 2.22. The Morgan fingerprint density at radius 2 is 1.83 bits per heavy atom. The Morgan fingerprint density at radius 1 is 1.28 bits per heavy atom. The maximum absolute atomic E-state index is 12.6. The molecule has 0 N–H and O–H groups in total. The summed E-state index contributed by atoms with van der Waals surface area (Å²) in [6.07, 6.45) is -2.50. The topological polar surface area (TPSA) is 12.5 Å². The molecule has 0 unspecified atom stereocenters. The van der Waals surface area contributed by atoms with Crippen molar-refractivity contribution in [3.05, 3.63) is 0 Å². The molecule has 108 valence electrons. The molecule has 1 heterocycles. The summed E-state index contributed by atoms with van der Waals surface area (Å²) in [5, 5.41) is 0.727. The summed E-state index contributed by atoms with van der Waals surface area (Å²) in [6.45, 7) is 4.55. The molecule has 18 heavy (non-hydrogen) atoms. The maximum atomic E-state index is 12.6. The van der Waals surface area contributed by atoms with E-state index in [0.29, 0.717) is 19.8 Å². The monoisotopic (exact) mass is 331 g/mol. The SMILES string of the molecule is CC(C)N(CC(F)(F)F)CC1(CBr)CCOCC1. The standard InChI is InChI=1S/C12H21BrF3NO/c1-10(2)17(9-12(14,15)16)8-11(7-13)3-5-18-6-4-11/h10H,3-9H2,1-2H3. The second-order valence-corrected chi connectivity index (χ2v) is 5.92. The third-order valence-corrected chi connectivity index (χ3v) is 4.68. The van der Waals surface area contributed by atoms with E-state index in [0.717, 1.165) is 18.2 Å². The maximum Gasteiger partial charge on any atom is 0.401 e. The smallest absolute Gasteiger partial charge is 0.381 e. The van der Waals surface area contributed by atoms with E-state index in [9.17, 15) is 13.2 Å². The van der Waals surface area contributed by atoms with Gasteiger partial charge in [-0.15, -0.1) is 0 Å². The number of alkyl halides is 4. The molecule has 0 radical (unpaired) electrons. The van der Waals surface area contributed by atoms with Crippen LogP contribution in [0.3, 0.4) is 0 Å². The van der Waals surface area contributed by atoms with E-state index in [4.69, 9.17) is 4.74 Å². The van der Waals surface area contributed by atoms with E-state index in [1.807, 2.05) is 13.8 Å². The van der Waals surface area contributed by atoms with E-state index in [1.165, 1.54) is 4.90 Å². The lowest BCUT2D eigenvalue weighted by molar-refractivity contribution is -0.154. The fraction of sp³-hybridized carbons (Fsp3) is 1.00. The zero-order valence-corrected chi connectivity index (χ0v) is 12.5. The Morgan fingerprint density at radius 3 is 2.22 bits per heavy atom. The second-order valence-electron chi connectivity index (χ2n) is 5.36. The third-order valence-electron chi connectivity index (χ3n) is 3.49. The Bertz CT molecular complexity index is 252. The van der Waals surface area contributed by atoms with Gasteiger partial charge in [0, 0.05) is 31.1 Å². The Hall–Kier alpha value is 0.190. The average Bonchev–Trinajstić information content (AvgIpc) is 2.27. The first-order valence-corrected chi connectivity index (χ1v) is 7.35. The van der Waals surface area contributed by atoms with Gasteiger partial charge >= 0.3 is 6.18 Å². The number of nitrogens with zero attached hydrogens (tertiary/aromatic N) is 1. The van der Waals surface area contributed by atoms with E-state index < -0.39 is 12.7 Å². The zero-order chi connectivity index (χ0) is 13.8. The molecule has 0 aromatic heterocycles. The van der Waals surface area contributed by atoms with Crippen molar-refractivity contribution in [3.8, 4) is 0 Å². The third kappa shape index (κ3) is 5.05. The highest BCUT2D eigenvalue weighted by atomic mass is 79.9. The van der Waals surface area contributed by atoms with E-state index >= 15 is 0 Å². The van der Waals surface area contributed by atoms with Crippen molar-refractivity contribution in [3.63, 3.8) is 0 Å². The second kappa shape index (κ2) is 6.57. The minimum Gasteiger partial charge on any atom is -0.381 e. The lowest BCUT2D eigenvalue weighted by Gasteiger charge is -2.41. The predicted molar refractivity (Wildman–Crippen MR) is 69.0 cm³/mol. The molecular weight excluding hydrogens is 311 g/mol. The molecule has 2 nitrogen and oxygen atoms in total. The van der Waals surface area contributed by atoms with Gasteiger partial charge in [0.05, 0.1) is 6.54 Å².